The molecule has 139 heavy (non-hydrogen) atoms. The topological polar surface area (TPSA) is 382 Å². The Labute approximate surface area is 890 Å². The first kappa shape index (κ1) is 138. The highest BCUT2D eigenvalue weighted by atomic mass is 33.1. The lowest BCUT2D eigenvalue weighted by Gasteiger charge is -2.35. The van der Waals surface area contributed by atoms with Gasteiger partial charge in [0.15, 0.2) is 0 Å². The average Bonchev–Trinajstić information content (AvgIpc) is 1.67. The fourth-order valence-corrected chi connectivity index (χ4v) is 31.4. The van der Waals surface area contributed by atoms with E-state index in [0.29, 0.717) is 130 Å². The number of thioether (sulfide) groups is 3. The number of hydrogen-bond donors (Lipinski definition) is 11. The monoisotopic (exact) mass is 2180 g/mol. The number of carbonyl (C=O) groups is 11. The van der Waals surface area contributed by atoms with Crippen molar-refractivity contribution in [3.8, 4) is 0 Å². The Bertz CT molecular complexity index is 3780. The molecule has 0 aromatic rings. The molecule has 12 N–H and O–H groups in total. The number of likely N-dealkylation sites (tertiary alicyclic amines) is 2. The number of amides is 7. The van der Waals surface area contributed by atoms with Crippen LogP contribution in [-0.4, -0.2) is 263 Å². The molecule has 806 valence electrons. The van der Waals surface area contributed by atoms with Gasteiger partial charge < -0.3 is 72.8 Å². The smallest absolute Gasteiger partial charge is 0.327 e. The molecule has 5 heterocycles. The summed E-state index contributed by atoms with van der Waals surface area (Å²) >= 11 is 9.89. The van der Waals surface area contributed by atoms with Crippen LogP contribution < -0.4 is 32.7 Å². The second kappa shape index (κ2) is 74.8. The number of aliphatic carboxylic acids is 4. The summed E-state index contributed by atoms with van der Waals surface area (Å²) in [6.07, 6.45) is 24.5. The van der Waals surface area contributed by atoms with E-state index in [1.54, 1.807) is 62.6 Å². The summed E-state index contributed by atoms with van der Waals surface area (Å²) in [6, 6.07) is -0.995. The number of hydrogen-bond acceptors (Lipinski definition) is 26. The summed E-state index contributed by atoms with van der Waals surface area (Å²) in [7, 11) is 12.9. The van der Waals surface area contributed by atoms with Gasteiger partial charge in [-0.1, -0.05) is 297 Å². The molecule has 0 spiro atoms. The van der Waals surface area contributed by atoms with E-state index < -0.39 is 48.0 Å². The third-order valence-electron chi connectivity index (χ3n) is 24.0. The van der Waals surface area contributed by atoms with Crippen molar-refractivity contribution < 1.29 is 73.2 Å². The number of carboxylic acid groups (broad SMARTS) is 4. The number of carbonyl (C=O) groups excluding carboxylic acids is 7. The zero-order chi connectivity index (χ0) is 107. The second-order valence-electron chi connectivity index (χ2n) is 40.8. The lowest BCUT2D eigenvalue weighted by molar-refractivity contribution is -0.149. The highest BCUT2D eigenvalue weighted by molar-refractivity contribution is 8.78. The molecule has 5 fully saturated rings. The van der Waals surface area contributed by atoms with Crippen LogP contribution in [-0.2, 0) is 52.7 Å². The highest BCUT2D eigenvalue weighted by Gasteiger charge is 2.44. The van der Waals surface area contributed by atoms with Crippen molar-refractivity contribution in [1.29, 1.82) is 0 Å². The predicted octanol–water partition coefficient (Wildman–Crippen LogP) is 21.9. The van der Waals surface area contributed by atoms with Crippen LogP contribution in [0.2, 0.25) is 0 Å². The number of thiol groups is 1. The van der Waals surface area contributed by atoms with Crippen LogP contribution in [0.4, 0.5) is 0 Å². The molecule has 0 radical (unpaired) electrons. The number of nitrogens with one attached hydrogen (secondary N) is 4. The number of carboxylic acids is 4. The van der Waals surface area contributed by atoms with Crippen LogP contribution in [0.5, 0.6) is 0 Å². The average molecular weight is 2180 g/mol. The molecule has 15 unspecified atom stereocenters. The summed E-state index contributed by atoms with van der Waals surface area (Å²) in [6.45, 7) is 66.9. The zero-order valence-electron chi connectivity index (χ0n) is 90.4. The summed E-state index contributed by atoms with van der Waals surface area (Å²) in [5.74, 6) is 8.67. The molecular weight excluding hydrogens is 1990 g/mol. The zero-order valence-corrected chi connectivity index (χ0v) is 100. The molecule has 0 bridgehead atoms. The quantitative estimate of drug-likeness (QED) is 0.0117. The Hall–Kier alpha value is -3.05. The van der Waals surface area contributed by atoms with E-state index in [4.69, 9.17) is 21.7 Å². The van der Waals surface area contributed by atoms with Gasteiger partial charge in [0, 0.05) is 164 Å². The molecule has 37 heteroatoms. The maximum atomic E-state index is 12.9. The molecule has 0 aromatic heterocycles. The first-order valence-corrected chi connectivity index (χ1v) is 63.3. The molecule has 25 nitrogen and oxygen atoms in total. The Balaban J connectivity index is 0. The van der Waals surface area contributed by atoms with E-state index in [2.05, 4.69) is 230 Å². The molecular formula is C102H186N10O15S12. The van der Waals surface area contributed by atoms with E-state index in [0.717, 1.165) is 60.7 Å². The maximum Gasteiger partial charge on any atom is 0.327 e. The standard InChI is InChI=1S/C27H46N2O6S4.C22H34.C12H22N2O4S2.C10H19NOS.C9H17NOS.C8H18N2O2S2.C7H15NOS.C7H15NS/c1-18(2)9-5-6-10-21(39-38-16-20(4)25(31)29-14-8-12-23(29)27(34)35)17-37-36-15-19(3)24(30)28-13-7-11-22(28)26(32)33;1-17(2)16-19(4)11-8-10-18(3)13-14-21-20(5)12-9-15-22(21,6)7;1-7(2)10(13-8(3)15)5-19-20-6-11(12(17)18)14-9(4)16;1-7(2)9-6-13-10(4,5)11(9)8(3)12;1-6(2)9-5-12-8(4)10(9)7(3)11;1-5(2)6(9)3-13-14-4-7(10)8(11)12;1-5(2)7(4-10)8-6(3)9;1-5(2)7-4-9-6(3)8-7/h18-23H,5-17H2,1-4H3,(H,32,33)(H,34,35);8,10-11,13-14,16-17H,9,12,15H2,1-7H3;7,10-11H,5-6H2,1-4H3,(H,13,15)(H,14,16)(H,17,18);7,9H,6H2,1-5H3;6,8-9H,5H2,1-4H3;5-7H,3-4,9-10H2,1-2H3,(H,11,12);5,7,10H,4H2,1-3H3,(H,8,9);5-8H,4H2,1-3H3/b;11-8+,14-13+,18-10+,19-16+;;;;;;. The van der Waals surface area contributed by atoms with Crippen molar-refractivity contribution in [2.75, 3.05) is 76.4 Å². The van der Waals surface area contributed by atoms with E-state index in [1.807, 2.05) is 83.6 Å². The Morgan fingerprint density at radius 2 is 1.04 bits per heavy atom. The molecule has 1 aliphatic carbocycles. The number of nitrogens with two attached hydrogens (primary N) is 2. The number of nitrogens with zero attached hydrogens (tertiary/aromatic N) is 4. The van der Waals surface area contributed by atoms with Crippen molar-refractivity contribution in [2.24, 2.45) is 76.1 Å². The van der Waals surface area contributed by atoms with Gasteiger partial charge in [0.25, 0.3) is 0 Å². The van der Waals surface area contributed by atoms with Crippen molar-refractivity contribution in [2.45, 2.75) is 373 Å². The van der Waals surface area contributed by atoms with Gasteiger partial charge in [0.05, 0.1) is 15.6 Å². The Kier molecular flexibility index (Phi) is 74.2. The Morgan fingerprint density at radius 3 is 1.45 bits per heavy atom. The van der Waals surface area contributed by atoms with Gasteiger partial charge in [0.1, 0.15) is 24.2 Å². The number of unbranched alkanes of at least 4 members (excludes halogenated alkanes) is 1. The van der Waals surface area contributed by atoms with Gasteiger partial charge in [-0.25, -0.2) is 14.4 Å². The molecule has 5 saturated heterocycles. The summed E-state index contributed by atoms with van der Waals surface area (Å²) in [4.78, 5) is 132. The minimum atomic E-state index is -1.05. The summed E-state index contributed by atoms with van der Waals surface area (Å²) in [5, 5.41) is 49.3. The molecule has 6 rings (SSSR count). The van der Waals surface area contributed by atoms with Gasteiger partial charge in [-0.2, -0.15) is 12.6 Å². The SMILES string of the molecule is CC(=O)N1C(C(C)C)CSC1(C)C.CC(=O)N1C(C)SCC1C(C)C.CC(=O)NC(CS)C(C)C.CC(=O)NC(CSSCC(NC(C)=O)C(C)C)C(=O)O.CC(C)C(N)CSSCC(N)C(=O)O.CC(C)CCCCC(CSSCC(C)C(=O)N1CCCC1C(=O)O)SSCC(C)C(=O)N1CCCC1C(=O)O.CC1=C(/C=C/C(C)=C/C=C/C(C)=C/C(C)C)C(C)(C)CCC1.CC1NC(C(C)C)CS1. The van der Waals surface area contributed by atoms with Gasteiger partial charge >= 0.3 is 23.9 Å². The van der Waals surface area contributed by atoms with Crippen LogP contribution in [0.3, 0.4) is 0 Å². The van der Waals surface area contributed by atoms with Gasteiger partial charge in [-0.05, 0) is 158 Å². The lowest BCUT2D eigenvalue weighted by atomic mass is 9.72. The van der Waals surface area contributed by atoms with Crippen molar-refractivity contribution in [3.63, 3.8) is 0 Å². The minimum absolute atomic E-state index is 0.0131. The van der Waals surface area contributed by atoms with Crippen molar-refractivity contribution in [3.05, 3.63) is 58.7 Å². The lowest BCUT2D eigenvalue weighted by Crippen LogP contribution is -2.47. The fourth-order valence-electron chi connectivity index (χ4n) is 15.2. The van der Waals surface area contributed by atoms with Crippen molar-refractivity contribution >= 4 is 199 Å². The molecule has 15 atom stereocenters. The van der Waals surface area contributed by atoms with Crippen LogP contribution in [0.1, 0.15) is 292 Å². The van der Waals surface area contributed by atoms with E-state index >= 15 is 0 Å². The first-order chi connectivity index (χ1) is 64.6. The number of allylic oxidation sites excluding steroid dienone is 10. The third kappa shape index (κ3) is 60.3. The van der Waals surface area contributed by atoms with E-state index in [1.165, 1.54) is 118 Å². The minimum Gasteiger partial charge on any atom is -0.480 e. The van der Waals surface area contributed by atoms with Gasteiger partial charge in [-0.3, -0.25) is 38.4 Å². The molecule has 7 amide bonds. The van der Waals surface area contributed by atoms with Crippen molar-refractivity contribution in [1.82, 2.24) is 40.9 Å². The molecule has 6 aliphatic rings. The fraction of sp³-hybridized carbons (Fsp3) is 0.794. The van der Waals surface area contributed by atoms with Crippen LogP contribution >= 0.6 is 134 Å². The largest absolute Gasteiger partial charge is 0.480 e. The number of rotatable bonds is 45. The normalized spacial score (nSPS) is 21.3. The van der Waals surface area contributed by atoms with Crippen LogP contribution in [0.25, 0.3) is 0 Å². The van der Waals surface area contributed by atoms with Gasteiger partial charge in [-0.15, -0.1) is 35.3 Å². The third-order valence-corrected chi connectivity index (χ3v) is 39.1. The first-order valence-electron chi connectivity index (χ1n) is 49.7. The van der Waals surface area contributed by atoms with E-state index in [9.17, 15) is 63.0 Å². The highest BCUT2D eigenvalue weighted by Crippen LogP contribution is 2.44. The molecule has 5 aliphatic heterocycles. The second-order valence-corrected chi connectivity index (χ2v) is 55.9. The van der Waals surface area contributed by atoms with E-state index in [-0.39, 0.29) is 81.9 Å². The molecule has 0 aromatic carbocycles. The summed E-state index contributed by atoms with van der Waals surface area (Å²) in [5.41, 5.74) is 17.2. The predicted molar refractivity (Wildman–Crippen MR) is 613 cm³/mol. The van der Waals surface area contributed by atoms with Gasteiger partial charge in [0.2, 0.25) is 41.4 Å². The Morgan fingerprint density at radius 1 is 0.547 bits per heavy atom. The molecule has 0 saturated carbocycles. The maximum absolute atomic E-state index is 12.9. The van der Waals surface area contributed by atoms with Crippen LogP contribution in [0.15, 0.2) is 58.7 Å². The summed E-state index contributed by atoms with van der Waals surface area (Å²) < 4.78 is 0. The van der Waals surface area contributed by atoms with Crippen LogP contribution in [0, 0.1) is 64.6 Å².